The predicted molar refractivity (Wildman–Crippen MR) is 76.7 cm³/mol. The average molecular weight is 217 g/mol. The van der Waals surface area contributed by atoms with Crippen LogP contribution in [0.2, 0.25) is 0 Å². The molecule has 2 rings (SSSR count). The molecule has 2 aromatic carbocycles. The van der Waals surface area contributed by atoms with Crippen molar-refractivity contribution in [1.29, 1.82) is 0 Å². The van der Waals surface area contributed by atoms with Crippen molar-refractivity contribution in [3.05, 3.63) is 83.7 Å². The molecule has 0 atom stereocenters. The molecule has 81 valence electrons. The van der Waals surface area contributed by atoms with Crippen molar-refractivity contribution in [2.45, 2.75) is 0 Å². The van der Waals surface area contributed by atoms with E-state index in [2.05, 4.69) is 48.4 Å². The van der Waals surface area contributed by atoms with Crippen molar-refractivity contribution in [3.8, 4) is 0 Å². The Morgan fingerprint density at radius 3 is 1.41 bits per heavy atom. The van der Waals surface area contributed by atoms with Crippen LogP contribution in [0.15, 0.2) is 72.6 Å². The number of hydrogen-bond acceptors (Lipinski definition) is 0. The quantitative estimate of drug-likeness (QED) is 0.678. The molecule has 0 nitrogen and oxygen atoms in total. The van der Waals surface area contributed by atoms with Gasteiger partial charge in [-0.2, -0.15) is 0 Å². The van der Waals surface area contributed by atoms with E-state index in [1.165, 1.54) is 11.1 Å². The molecule has 0 bridgehead atoms. The molecule has 0 saturated carbocycles. The first kappa shape index (κ1) is 11.5. The molecule has 0 amide bonds. The van der Waals surface area contributed by atoms with Crippen LogP contribution in [-0.2, 0) is 0 Å². The van der Waals surface area contributed by atoms with Crippen molar-refractivity contribution >= 4 is 19.4 Å². The van der Waals surface area contributed by atoms with E-state index in [-0.39, 0.29) is 0 Å². The Kier molecular flexibility index (Phi) is 4.41. The van der Waals surface area contributed by atoms with Gasteiger partial charge < -0.3 is 0 Å². The highest BCUT2D eigenvalue weighted by Crippen LogP contribution is 2.02. The van der Waals surface area contributed by atoms with Crippen LogP contribution in [0.3, 0.4) is 0 Å². The Morgan fingerprint density at radius 2 is 1.00 bits per heavy atom. The van der Waals surface area contributed by atoms with Gasteiger partial charge in [-0.3, -0.25) is 0 Å². The number of rotatable bonds is 4. The summed E-state index contributed by atoms with van der Waals surface area (Å²) >= 11 is 0. The molecule has 0 N–H and O–H groups in total. The smallest absolute Gasteiger partial charge is 0.117 e. The summed E-state index contributed by atoms with van der Waals surface area (Å²) in [5.41, 5.74) is 2.44. The maximum absolute atomic E-state index is 2.09. The minimum Gasteiger partial charge on any atom is -0.117 e. The second kappa shape index (κ2) is 6.54. The molecule has 0 spiro atoms. The van der Waals surface area contributed by atoms with Gasteiger partial charge in [-0.15, -0.1) is 12.0 Å². The van der Waals surface area contributed by atoms with Crippen LogP contribution < -0.4 is 0 Å². The van der Waals surface area contributed by atoms with Gasteiger partial charge in [0.15, 0.2) is 7.28 Å². The molecule has 17 heavy (non-hydrogen) atoms. The van der Waals surface area contributed by atoms with Gasteiger partial charge in [-0.05, 0) is 11.1 Å². The summed E-state index contributed by atoms with van der Waals surface area (Å²) in [5.74, 6) is 4.10. The summed E-state index contributed by atoms with van der Waals surface area (Å²) in [4.78, 5) is 0. The first-order valence-electron chi connectivity index (χ1n) is 5.73. The molecule has 0 heterocycles. The van der Waals surface area contributed by atoms with E-state index in [1.807, 2.05) is 43.7 Å². The van der Waals surface area contributed by atoms with Gasteiger partial charge in [0.2, 0.25) is 0 Å². The monoisotopic (exact) mass is 217 g/mol. The third kappa shape index (κ3) is 4.16. The minimum atomic E-state index is 1.22. The maximum atomic E-state index is 2.09. The van der Waals surface area contributed by atoms with Crippen LogP contribution in [0.5, 0.6) is 0 Å². The summed E-state index contributed by atoms with van der Waals surface area (Å²) in [6, 6.07) is 20.6. The summed E-state index contributed by atoms with van der Waals surface area (Å²) in [7, 11) is 2.04. The topological polar surface area (TPSA) is 0 Å². The van der Waals surface area contributed by atoms with Gasteiger partial charge in [0.1, 0.15) is 0 Å². The molecule has 1 heteroatoms. The first-order valence-corrected chi connectivity index (χ1v) is 5.73. The lowest BCUT2D eigenvalue weighted by Crippen LogP contribution is -1.78. The summed E-state index contributed by atoms with van der Waals surface area (Å²) in [6.45, 7) is 0. The van der Waals surface area contributed by atoms with Crippen LogP contribution in [0.1, 0.15) is 11.1 Å². The van der Waals surface area contributed by atoms with Crippen molar-refractivity contribution in [2.24, 2.45) is 0 Å². The zero-order valence-electron chi connectivity index (χ0n) is 9.66. The SMILES string of the molecule is [B](C=Cc1ccccc1)C=Cc1ccccc1. The Morgan fingerprint density at radius 1 is 0.588 bits per heavy atom. The standard InChI is InChI=1S/C16H14B/c1-3-7-15(8-4-1)11-13-17-14-12-16-9-5-2-6-10-16/h1-14H. The Labute approximate surface area is 104 Å². The van der Waals surface area contributed by atoms with Crippen molar-refractivity contribution < 1.29 is 0 Å². The van der Waals surface area contributed by atoms with Crippen molar-refractivity contribution in [2.75, 3.05) is 0 Å². The zero-order valence-corrected chi connectivity index (χ0v) is 9.66. The van der Waals surface area contributed by atoms with Crippen LogP contribution in [0.4, 0.5) is 0 Å². The van der Waals surface area contributed by atoms with Crippen molar-refractivity contribution in [3.63, 3.8) is 0 Å². The van der Waals surface area contributed by atoms with E-state index in [1.54, 1.807) is 0 Å². The van der Waals surface area contributed by atoms with E-state index in [0.29, 0.717) is 0 Å². The minimum absolute atomic E-state index is 1.22. The Balaban J connectivity index is 1.84. The maximum Gasteiger partial charge on any atom is 0.171 e. The molecule has 2 aromatic rings. The highest BCUT2D eigenvalue weighted by Gasteiger charge is 1.83. The lowest BCUT2D eigenvalue weighted by Gasteiger charge is -1.90. The van der Waals surface area contributed by atoms with E-state index >= 15 is 0 Å². The molecule has 0 fully saturated rings. The molecular formula is C16H14B. The number of hydrogen-bond donors (Lipinski definition) is 0. The van der Waals surface area contributed by atoms with Crippen LogP contribution in [0, 0.1) is 0 Å². The summed E-state index contributed by atoms with van der Waals surface area (Å²) < 4.78 is 0. The molecule has 0 aliphatic carbocycles. The summed E-state index contributed by atoms with van der Waals surface area (Å²) in [5, 5.41) is 0. The molecule has 1 radical (unpaired) electrons. The van der Waals surface area contributed by atoms with Crippen LogP contribution in [0.25, 0.3) is 12.2 Å². The third-order valence-corrected chi connectivity index (χ3v) is 2.40. The molecule has 0 aromatic heterocycles. The van der Waals surface area contributed by atoms with E-state index in [0.717, 1.165) is 0 Å². The fourth-order valence-corrected chi connectivity index (χ4v) is 1.53. The van der Waals surface area contributed by atoms with E-state index in [9.17, 15) is 0 Å². The highest BCUT2D eigenvalue weighted by molar-refractivity contribution is 6.50. The first-order chi connectivity index (χ1) is 8.45. The van der Waals surface area contributed by atoms with E-state index < -0.39 is 0 Å². The van der Waals surface area contributed by atoms with Gasteiger partial charge >= 0.3 is 0 Å². The van der Waals surface area contributed by atoms with Gasteiger partial charge in [0, 0.05) is 0 Å². The lowest BCUT2D eigenvalue weighted by atomic mass is 9.77. The normalized spacial score (nSPS) is 11.1. The largest absolute Gasteiger partial charge is 0.171 e. The number of benzene rings is 2. The van der Waals surface area contributed by atoms with Gasteiger partial charge in [0.05, 0.1) is 0 Å². The van der Waals surface area contributed by atoms with Crippen LogP contribution in [-0.4, -0.2) is 7.28 Å². The molecule has 0 aliphatic heterocycles. The van der Waals surface area contributed by atoms with E-state index in [4.69, 9.17) is 0 Å². The lowest BCUT2D eigenvalue weighted by molar-refractivity contribution is 1.66. The fraction of sp³-hybridized carbons (Fsp3) is 0. The fourth-order valence-electron chi connectivity index (χ4n) is 1.53. The third-order valence-electron chi connectivity index (χ3n) is 2.40. The molecule has 0 saturated heterocycles. The molecule has 0 aliphatic rings. The van der Waals surface area contributed by atoms with Crippen molar-refractivity contribution in [1.82, 2.24) is 0 Å². The zero-order chi connectivity index (χ0) is 11.8. The van der Waals surface area contributed by atoms with Gasteiger partial charge in [-0.25, -0.2) is 0 Å². The van der Waals surface area contributed by atoms with Gasteiger partial charge in [-0.1, -0.05) is 72.8 Å². The second-order valence-electron chi connectivity index (χ2n) is 3.73. The second-order valence-corrected chi connectivity index (χ2v) is 3.73. The molecule has 0 unspecified atom stereocenters. The highest BCUT2D eigenvalue weighted by atomic mass is 13.8. The van der Waals surface area contributed by atoms with Crippen LogP contribution >= 0.6 is 0 Å². The Bertz CT molecular complexity index is 436. The molecular weight excluding hydrogens is 203 g/mol. The average Bonchev–Trinajstić information content (AvgIpc) is 2.41. The van der Waals surface area contributed by atoms with Gasteiger partial charge in [0.25, 0.3) is 0 Å². The Hall–Kier alpha value is -2.02. The predicted octanol–water partition coefficient (Wildman–Crippen LogP) is 4.03. The summed E-state index contributed by atoms with van der Waals surface area (Å²) in [6.07, 6.45) is 4.19.